The molecule has 0 radical (unpaired) electrons. The number of rotatable bonds is 6. The van der Waals surface area contributed by atoms with Crippen LogP contribution in [0.15, 0.2) is 59.8 Å². The summed E-state index contributed by atoms with van der Waals surface area (Å²) in [6.07, 6.45) is -3.59. The summed E-state index contributed by atoms with van der Waals surface area (Å²) in [7, 11) is -3.35. The van der Waals surface area contributed by atoms with Gasteiger partial charge in [0.05, 0.1) is 21.7 Å². The van der Waals surface area contributed by atoms with Gasteiger partial charge in [0, 0.05) is 41.9 Å². The molecule has 190 valence electrons. The molecule has 1 aromatic carbocycles. The number of pyridine rings is 2. The number of aliphatic carboxylic acids is 1. The van der Waals surface area contributed by atoms with Crippen molar-refractivity contribution in [3.63, 3.8) is 0 Å². The van der Waals surface area contributed by atoms with E-state index in [0.29, 0.717) is 33.1 Å². The van der Waals surface area contributed by atoms with Crippen molar-refractivity contribution in [1.82, 2.24) is 9.97 Å². The van der Waals surface area contributed by atoms with Crippen molar-refractivity contribution < 1.29 is 38.4 Å². The summed E-state index contributed by atoms with van der Waals surface area (Å²) >= 11 is 6.17. The zero-order valence-corrected chi connectivity index (χ0v) is 20.5. The van der Waals surface area contributed by atoms with Crippen molar-refractivity contribution >= 4 is 27.4 Å². The number of ether oxygens (including phenoxy) is 1. The van der Waals surface area contributed by atoms with Gasteiger partial charge >= 0.3 is 5.97 Å². The van der Waals surface area contributed by atoms with Gasteiger partial charge in [-0.15, -0.1) is 0 Å². The van der Waals surface area contributed by atoms with Gasteiger partial charge in [-0.3, -0.25) is 9.97 Å². The molecule has 12 heteroatoms. The number of benzene rings is 1. The number of sulfone groups is 1. The van der Waals surface area contributed by atoms with Crippen LogP contribution in [0.25, 0.3) is 22.4 Å². The highest BCUT2D eigenvalue weighted by molar-refractivity contribution is 7.90. The van der Waals surface area contributed by atoms with E-state index >= 15 is 0 Å². The Labute approximate surface area is 211 Å². The molecule has 4 N–H and O–H groups in total. The Morgan fingerprint density at radius 1 is 0.972 bits per heavy atom. The number of halogens is 1. The number of hydrogen-bond acceptors (Lipinski definition) is 9. The average Bonchev–Trinajstić information content (AvgIpc) is 2.84. The van der Waals surface area contributed by atoms with Gasteiger partial charge in [-0.1, -0.05) is 23.7 Å². The number of carbonyl (C=O) groups is 1. The Bertz CT molecular complexity index is 1370. The van der Waals surface area contributed by atoms with Crippen LogP contribution in [0.4, 0.5) is 0 Å². The molecule has 0 amide bonds. The van der Waals surface area contributed by atoms with Gasteiger partial charge in [-0.2, -0.15) is 0 Å². The van der Waals surface area contributed by atoms with Crippen molar-refractivity contribution in [3.8, 4) is 22.4 Å². The molecule has 3 aromatic rings. The van der Waals surface area contributed by atoms with E-state index in [0.717, 1.165) is 6.26 Å². The van der Waals surface area contributed by atoms with Crippen LogP contribution in [0.5, 0.6) is 0 Å². The third-order valence-electron chi connectivity index (χ3n) is 5.91. The van der Waals surface area contributed by atoms with E-state index in [1.54, 1.807) is 30.3 Å². The third kappa shape index (κ3) is 5.41. The van der Waals surface area contributed by atoms with Gasteiger partial charge in [0.25, 0.3) is 0 Å². The molecule has 36 heavy (non-hydrogen) atoms. The predicted molar refractivity (Wildman–Crippen MR) is 129 cm³/mol. The fraction of sp³-hybridized carbons (Fsp3) is 0.292. The molecule has 1 aliphatic heterocycles. The van der Waals surface area contributed by atoms with E-state index in [1.165, 1.54) is 24.5 Å². The second-order valence-electron chi connectivity index (χ2n) is 8.49. The van der Waals surface area contributed by atoms with Crippen LogP contribution in [0.3, 0.4) is 0 Å². The third-order valence-corrected chi connectivity index (χ3v) is 7.25. The normalized spacial score (nSPS) is 24.4. The maximum atomic E-state index is 11.8. The molecular formula is C24H23ClN2O8S. The number of nitrogens with zero attached hydrogens (tertiary/aromatic N) is 2. The van der Waals surface area contributed by atoms with Crippen molar-refractivity contribution in [1.29, 1.82) is 0 Å². The lowest BCUT2D eigenvalue weighted by Gasteiger charge is -2.38. The minimum atomic E-state index is -3.35. The van der Waals surface area contributed by atoms with E-state index in [-0.39, 0.29) is 11.3 Å². The SMILES string of the molecule is CS(=O)(=O)c1ccc(-c2cc(Cl)cnc2-c2ccc(C[C@@H]3O[C@H](C(=O)O)[C@@H](O)[C@H](O)[C@H]3O)nc2)cc1. The van der Waals surface area contributed by atoms with Gasteiger partial charge in [0.2, 0.25) is 0 Å². The van der Waals surface area contributed by atoms with Crippen LogP contribution < -0.4 is 0 Å². The Hall–Kier alpha value is -2.93. The van der Waals surface area contributed by atoms with Crippen LogP contribution in [0.1, 0.15) is 5.69 Å². The van der Waals surface area contributed by atoms with E-state index < -0.39 is 46.3 Å². The molecule has 0 aliphatic carbocycles. The molecule has 2 aromatic heterocycles. The highest BCUT2D eigenvalue weighted by Crippen LogP contribution is 2.33. The van der Waals surface area contributed by atoms with Gasteiger partial charge in [-0.25, -0.2) is 13.2 Å². The lowest BCUT2D eigenvalue weighted by Crippen LogP contribution is -2.60. The molecule has 5 atom stereocenters. The lowest BCUT2D eigenvalue weighted by atomic mass is 9.92. The zero-order chi connectivity index (χ0) is 26.2. The second kappa shape index (κ2) is 10.2. The van der Waals surface area contributed by atoms with Crippen molar-refractivity contribution in [2.24, 2.45) is 0 Å². The highest BCUT2D eigenvalue weighted by atomic mass is 35.5. The predicted octanol–water partition coefficient (Wildman–Crippen LogP) is 1.34. The lowest BCUT2D eigenvalue weighted by molar-refractivity contribution is -0.227. The zero-order valence-electron chi connectivity index (χ0n) is 18.9. The molecule has 0 spiro atoms. The minimum absolute atomic E-state index is 0.0110. The number of aliphatic hydroxyl groups is 3. The fourth-order valence-electron chi connectivity index (χ4n) is 3.99. The topological polar surface area (TPSA) is 167 Å². The van der Waals surface area contributed by atoms with Gasteiger partial charge < -0.3 is 25.2 Å². The summed E-state index contributed by atoms with van der Waals surface area (Å²) < 4.78 is 28.9. The summed E-state index contributed by atoms with van der Waals surface area (Å²) in [5.41, 5.74) is 2.97. The smallest absolute Gasteiger partial charge is 0.335 e. The van der Waals surface area contributed by atoms with Gasteiger partial charge in [-0.05, 0) is 35.9 Å². The minimum Gasteiger partial charge on any atom is -0.479 e. The fourth-order valence-corrected chi connectivity index (χ4v) is 4.77. The van der Waals surface area contributed by atoms with E-state index in [4.69, 9.17) is 16.3 Å². The molecule has 0 saturated carbocycles. The monoisotopic (exact) mass is 534 g/mol. The molecule has 0 bridgehead atoms. The van der Waals surface area contributed by atoms with E-state index in [1.807, 2.05) is 0 Å². The standard InChI is InChI=1S/C24H23ClN2O8S/c1-36(33,34)16-6-3-12(4-7-16)17-8-14(25)11-27-19(17)13-2-5-15(26-10-13)9-18-20(28)21(29)22(30)23(35-18)24(31)32/h2-8,10-11,18,20-23,28-30H,9H2,1H3,(H,31,32)/t18-,20-,21+,22-,23-/m0/s1. The van der Waals surface area contributed by atoms with Crippen LogP contribution in [-0.4, -0.2) is 81.6 Å². The number of carboxylic acids is 1. The molecule has 1 aliphatic rings. The summed E-state index contributed by atoms with van der Waals surface area (Å²) in [6, 6.07) is 11.4. The molecular weight excluding hydrogens is 512 g/mol. The summed E-state index contributed by atoms with van der Waals surface area (Å²) in [6.45, 7) is 0. The Kier molecular flexibility index (Phi) is 7.41. The molecule has 3 heterocycles. The molecule has 10 nitrogen and oxygen atoms in total. The first-order chi connectivity index (χ1) is 17.0. The van der Waals surface area contributed by atoms with Crippen molar-refractivity contribution in [2.75, 3.05) is 6.26 Å². The summed E-state index contributed by atoms with van der Waals surface area (Å²) in [5, 5.41) is 39.7. The summed E-state index contributed by atoms with van der Waals surface area (Å²) in [4.78, 5) is 20.3. The van der Waals surface area contributed by atoms with Gasteiger partial charge in [0.15, 0.2) is 15.9 Å². The van der Waals surface area contributed by atoms with Crippen LogP contribution in [0, 0.1) is 0 Å². The number of aliphatic hydroxyl groups excluding tert-OH is 3. The number of hydrogen-bond donors (Lipinski definition) is 4. The summed E-state index contributed by atoms with van der Waals surface area (Å²) in [5.74, 6) is -1.45. The van der Waals surface area contributed by atoms with Crippen molar-refractivity contribution in [2.45, 2.75) is 41.8 Å². The molecule has 1 fully saturated rings. The largest absolute Gasteiger partial charge is 0.479 e. The number of aromatic nitrogens is 2. The first-order valence-electron chi connectivity index (χ1n) is 10.8. The Morgan fingerprint density at radius 2 is 1.64 bits per heavy atom. The first-order valence-corrected chi connectivity index (χ1v) is 13.1. The van der Waals surface area contributed by atoms with Gasteiger partial charge in [0.1, 0.15) is 18.3 Å². The molecule has 4 rings (SSSR count). The highest BCUT2D eigenvalue weighted by Gasteiger charge is 2.46. The first kappa shape index (κ1) is 26.1. The van der Waals surface area contributed by atoms with Crippen LogP contribution >= 0.6 is 11.6 Å². The quantitative estimate of drug-likeness (QED) is 0.362. The number of carboxylic acid groups (broad SMARTS) is 1. The van der Waals surface area contributed by atoms with E-state index in [9.17, 15) is 33.6 Å². The van der Waals surface area contributed by atoms with Crippen LogP contribution in [0.2, 0.25) is 5.02 Å². The second-order valence-corrected chi connectivity index (χ2v) is 10.9. The maximum Gasteiger partial charge on any atom is 0.335 e. The maximum absolute atomic E-state index is 11.8. The Morgan fingerprint density at radius 3 is 2.22 bits per heavy atom. The molecule has 1 saturated heterocycles. The van der Waals surface area contributed by atoms with Crippen molar-refractivity contribution in [3.05, 3.63) is 65.6 Å². The molecule has 0 unspecified atom stereocenters. The average molecular weight is 535 g/mol. The Balaban J connectivity index is 1.60. The van der Waals surface area contributed by atoms with E-state index in [2.05, 4.69) is 9.97 Å². The van der Waals surface area contributed by atoms with Crippen LogP contribution in [-0.2, 0) is 25.8 Å².